The molecule has 0 spiro atoms. The van der Waals surface area contributed by atoms with Crippen LogP contribution in [-0.4, -0.2) is 37.0 Å². The number of ketones is 1. The summed E-state index contributed by atoms with van der Waals surface area (Å²) in [5.41, 5.74) is 0.671. The predicted molar refractivity (Wildman–Crippen MR) is 80.9 cm³/mol. The summed E-state index contributed by atoms with van der Waals surface area (Å²) >= 11 is 0. The van der Waals surface area contributed by atoms with Gasteiger partial charge in [-0.2, -0.15) is 0 Å². The van der Waals surface area contributed by atoms with Crippen molar-refractivity contribution >= 4 is 11.5 Å². The maximum absolute atomic E-state index is 13.0. The van der Waals surface area contributed by atoms with E-state index >= 15 is 0 Å². The van der Waals surface area contributed by atoms with Crippen LogP contribution in [0.3, 0.4) is 0 Å². The number of carbonyl (C=O) groups is 1. The van der Waals surface area contributed by atoms with Gasteiger partial charge in [-0.1, -0.05) is 31.0 Å². The Morgan fingerprint density at radius 3 is 2.55 bits per heavy atom. The van der Waals surface area contributed by atoms with Crippen molar-refractivity contribution in [1.82, 2.24) is 10.6 Å². The second kappa shape index (κ2) is 5.94. The first-order valence-corrected chi connectivity index (χ1v) is 7.62. The molecule has 1 aromatic rings. The van der Waals surface area contributed by atoms with Crippen molar-refractivity contribution in [3.63, 3.8) is 0 Å². The second-order valence-corrected chi connectivity index (χ2v) is 5.86. The van der Waals surface area contributed by atoms with Crippen LogP contribution in [0.25, 0.3) is 0 Å². The molecule has 108 valence electrons. The number of benzene rings is 1. The van der Waals surface area contributed by atoms with E-state index in [4.69, 9.17) is 0 Å². The summed E-state index contributed by atoms with van der Waals surface area (Å²) in [6.45, 7) is 2.57. The first kappa shape index (κ1) is 13.6. The molecule has 3 N–H and O–H groups in total. The molecular formula is C16H23N3O. The fraction of sp³-hybridized carbons (Fsp3) is 0.562. The summed E-state index contributed by atoms with van der Waals surface area (Å²) in [7, 11) is 0. The molecule has 1 saturated heterocycles. The largest absolute Gasteiger partial charge is 0.373 e. The van der Waals surface area contributed by atoms with Crippen molar-refractivity contribution in [3.8, 4) is 0 Å². The highest BCUT2D eigenvalue weighted by molar-refractivity contribution is 5.96. The Morgan fingerprint density at radius 1 is 1.15 bits per heavy atom. The first-order valence-electron chi connectivity index (χ1n) is 7.62. The van der Waals surface area contributed by atoms with Gasteiger partial charge in [-0.3, -0.25) is 4.79 Å². The lowest BCUT2D eigenvalue weighted by Gasteiger charge is -2.35. The van der Waals surface area contributed by atoms with Crippen LogP contribution in [0.2, 0.25) is 0 Å². The van der Waals surface area contributed by atoms with Crippen molar-refractivity contribution in [1.29, 1.82) is 0 Å². The van der Waals surface area contributed by atoms with Gasteiger partial charge in [0.1, 0.15) is 0 Å². The molecule has 1 saturated carbocycles. The molecule has 3 rings (SSSR count). The number of para-hydroxylation sites is 1. The van der Waals surface area contributed by atoms with E-state index in [0.717, 1.165) is 51.0 Å². The number of Topliss-reactive ketones (excluding diaryl/α,β-unsaturated/α-hetero) is 1. The lowest BCUT2D eigenvalue weighted by molar-refractivity contribution is -0.125. The lowest BCUT2D eigenvalue weighted by atomic mass is 9.86. The maximum atomic E-state index is 13.0. The number of nitrogens with one attached hydrogen (secondary N) is 3. The normalized spacial score (nSPS) is 25.3. The van der Waals surface area contributed by atoms with Gasteiger partial charge in [0, 0.05) is 25.3 Å². The minimum absolute atomic E-state index is 0.0573. The molecule has 2 aliphatic rings. The average molecular weight is 273 g/mol. The maximum Gasteiger partial charge on any atom is 0.176 e. The monoisotopic (exact) mass is 273 g/mol. The standard InChI is InChI=1S/C16H23N3O/c20-15(14-12-17-10-11-18-14)16(8-4-5-9-16)19-13-6-2-1-3-7-13/h1-3,6-7,14,17-19H,4-5,8-12H2. The smallest absolute Gasteiger partial charge is 0.176 e. The van der Waals surface area contributed by atoms with E-state index in [1.165, 1.54) is 0 Å². The third-order valence-electron chi connectivity index (χ3n) is 4.44. The molecule has 1 aromatic carbocycles. The van der Waals surface area contributed by atoms with Gasteiger partial charge in [-0.05, 0) is 25.0 Å². The Labute approximate surface area is 120 Å². The molecule has 4 nitrogen and oxygen atoms in total. The Balaban J connectivity index is 1.78. The summed E-state index contributed by atoms with van der Waals surface area (Å²) in [4.78, 5) is 13.0. The Kier molecular flexibility index (Phi) is 4.03. The summed E-state index contributed by atoms with van der Waals surface area (Å²) in [6, 6.07) is 10.0. The Morgan fingerprint density at radius 2 is 1.90 bits per heavy atom. The average Bonchev–Trinajstić information content (AvgIpc) is 2.98. The predicted octanol–water partition coefficient (Wildman–Crippen LogP) is 1.54. The minimum Gasteiger partial charge on any atom is -0.373 e. The van der Waals surface area contributed by atoms with E-state index < -0.39 is 0 Å². The van der Waals surface area contributed by atoms with Crippen molar-refractivity contribution < 1.29 is 4.79 Å². The van der Waals surface area contributed by atoms with Crippen molar-refractivity contribution in [2.45, 2.75) is 37.3 Å². The quantitative estimate of drug-likeness (QED) is 0.779. The third kappa shape index (κ3) is 2.72. The number of hydrogen-bond acceptors (Lipinski definition) is 4. The molecule has 1 aliphatic carbocycles. The molecule has 2 fully saturated rings. The van der Waals surface area contributed by atoms with Crippen molar-refractivity contribution in [2.75, 3.05) is 25.0 Å². The van der Waals surface area contributed by atoms with Crippen LogP contribution in [-0.2, 0) is 4.79 Å². The highest BCUT2D eigenvalue weighted by Gasteiger charge is 2.44. The van der Waals surface area contributed by atoms with Gasteiger partial charge < -0.3 is 16.0 Å². The number of hydrogen-bond donors (Lipinski definition) is 3. The van der Waals surface area contributed by atoms with Crippen LogP contribution < -0.4 is 16.0 Å². The van der Waals surface area contributed by atoms with Crippen LogP contribution in [0.4, 0.5) is 5.69 Å². The van der Waals surface area contributed by atoms with E-state index in [-0.39, 0.29) is 11.6 Å². The Hall–Kier alpha value is -1.39. The van der Waals surface area contributed by atoms with Gasteiger partial charge in [0.05, 0.1) is 11.6 Å². The first-order chi connectivity index (χ1) is 9.80. The summed E-state index contributed by atoms with van der Waals surface area (Å²) in [5, 5.41) is 10.2. The van der Waals surface area contributed by atoms with Crippen LogP contribution in [0, 0.1) is 0 Å². The van der Waals surface area contributed by atoms with Crippen LogP contribution in [0.15, 0.2) is 30.3 Å². The van der Waals surface area contributed by atoms with Crippen LogP contribution in [0.1, 0.15) is 25.7 Å². The van der Waals surface area contributed by atoms with Crippen molar-refractivity contribution in [3.05, 3.63) is 30.3 Å². The molecule has 20 heavy (non-hydrogen) atoms. The van der Waals surface area contributed by atoms with Gasteiger partial charge in [-0.15, -0.1) is 0 Å². The lowest BCUT2D eigenvalue weighted by Crippen LogP contribution is -2.60. The minimum atomic E-state index is -0.377. The molecule has 4 heteroatoms. The van der Waals surface area contributed by atoms with Gasteiger partial charge in [0.25, 0.3) is 0 Å². The summed E-state index contributed by atoms with van der Waals surface area (Å²) < 4.78 is 0. The van der Waals surface area contributed by atoms with Crippen molar-refractivity contribution in [2.24, 2.45) is 0 Å². The van der Waals surface area contributed by atoms with E-state index in [1.54, 1.807) is 0 Å². The zero-order chi connectivity index (χ0) is 13.8. The van der Waals surface area contributed by atoms with Gasteiger partial charge >= 0.3 is 0 Å². The number of anilines is 1. The zero-order valence-electron chi connectivity index (χ0n) is 11.8. The highest BCUT2D eigenvalue weighted by Crippen LogP contribution is 2.35. The van der Waals surface area contributed by atoms with Crippen LogP contribution in [0.5, 0.6) is 0 Å². The van der Waals surface area contributed by atoms with Gasteiger partial charge in [-0.25, -0.2) is 0 Å². The number of piperazine rings is 1. The van der Waals surface area contributed by atoms with E-state index in [2.05, 4.69) is 16.0 Å². The van der Waals surface area contributed by atoms with E-state index in [0.29, 0.717) is 5.78 Å². The molecule has 0 amide bonds. The highest BCUT2D eigenvalue weighted by atomic mass is 16.1. The Bertz CT molecular complexity index is 448. The molecule has 0 bridgehead atoms. The fourth-order valence-electron chi connectivity index (χ4n) is 3.38. The summed E-state index contributed by atoms with van der Waals surface area (Å²) in [5.74, 6) is 0.325. The third-order valence-corrected chi connectivity index (χ3v) is 4.44. The summed E-state index contributed by atoms with van der Waals surface area (Å²) in [6.07, 6.45) is 4.15. The number of rotatable bonds is 4. The molecule has 1 unspecified atom stereocenters. The van der Waals surface area contributed by atoms with Gasteiger partial charge in [0.2, 0.25) is 0 Å². The SMILES string of the molecule is O=C(C1CNCCN1)C1(Nc2ccccc2)CCCC1. The molecule has 0 radical (unpaired) electrons. The molecule has 0 aromatic heterocycles. The molecule has 1 heterocycles. The van der Waals surface area contributed by atoms with Gasteiger partial charge in [0.15, 0.2) is 5.78 Å². The van der Waals surface area contributed by atoms with Crippen LogP contribution >= 0.6 is 0 Å². The fourth-order valence-corrected chi connectivity index (χ4v) is 3.38. The van der Waals surface area contributed by atoms with E-state index in [1.807, 2.05) is 30.3 Å². The second-order valence-electron chi connectivity index (χ2n) is 5.86. The molecule has 1 atom stereocenters. The molecular weight excluding hydrogens is 250 g/mol. The van der Waals surface area contributed by atoms with E-state index in [9.17, 15) is 4.79 Å². The number of carbonyl (C=O) groups excluding carboxylic acids is 1. The molecule has 1 aliphatic heterocycles. The zero-order valence-corrected chi connectivity index (χ0v) is 11.8. The topological polar surface area (TPSA) is 53.2 Å².